The Labute approximate surface area is 177 Å². The van der Waals surface area contributed by atoms with Crippen LogP contribution >= 0.6 is 12.4 Å². The van der Waals surface area contributed by atoms with Crippen molar-refractivity contribution in [2.24, 2.45) is 0 Å². The summed E-state index contributed by atoms with van der Waals surface area (Å²) < 4.78 is 5.47. The second-order valence-electron chi connectivity index (χ2n) is 7.33. The molecule has 0 radical (unpaired) electrons. The van der Waals surface area contributed by atoms with E-state index < -0.39 is 0 Å². The number of ether oxygens (including phenoxy) is 1. The highest BCUT2D eigenvalue weighted by Gasteiger charge is 2.28. The first-order valence-electron chi connectivity index (χ1n) is 9.66. The highest BCUT2D eigenvalue weighted by atomic mass is 35.5. The number of benzene rings is 2. The van der Waals surface area contributed by atoms with E-state index in [1.54, 1.807) is 7.11 Å². The first-order chi connectivity index (χ1) is 13.6. The van der Waals surface area contributed by atoms with E-state index in [1.807, 2.05) is 43.3 Å². The van der Waals surface area contributed by atoms with Crippen molar-refractivity contribution in [3.63, 3.8) is 0 Å². The van der Waals surface area contributed by atoms with Gasteiger partial charge in [0.15, 0.2) is 5.78 Å². The van der Waals surface area contributed by atoms with Crippen molar-refractivity contribution in [1.29, 1.82) is 0 Å². The predicted molar refractivity (Wildman–Crippen MR) is 117 cm³/mol. The van der Waals surface area contributed by atoms with Crippen LogP contribution < -0.4 is 15.0 Å². The Kier molecular flexibility index (Phi) is 6.45. The minimum absolute atomic E-state index is 0. The van der Waals surface area contributed by atoms with Crippen LogP contribution in [0.15, 0.2) is 42.5 Å². The Morgan fingerprint density at radius 3 is 2.55 bits per heavy atom. The molecule has 154 valence electrons. The first-order valence-corrected chi connectivity index (χ1v) is 9.66. The van der Waals surface area contributed by atoms with Gasteiger partial charge in [0.2, 0.25) is 5.91 Å². The van der Waals surface area contributed by atoms with Crippen LogP contribution in [0.2, 0.25) is 0 Å². The van der Waals surface area contributed by atoms with Gasteiger partial charge in [-0.3, -0.25) is 14.5 Å². The minimum atomic E-state index is -0.192. The van der Waals surface area contributed by atoms with Crippen LogP contribution in [0.3, 0.4) is 0 Å². The average Bonchev–Trinajstić information content (AvgIpc) is 3.12. The quantitative estimate of drug-likeness (QED) is 0.760. The summed E-state index contributed by atoms with van der Waals surface area (Å²) >= 11 is 0. The molecule has 6 nitrogen and oxygen atoms in total. The number of halogens is 1. The Morgan fingerprint density at radius 1 is 1.10 bits per heavy atom. The third-order valence-corrected chi connectivity index (χ3v) is 5.68. The summed E-state index contributed by atoms with van der Waals surface area (Å²) in [6.07, 6.45) is 0.350. The van der Waals surface area contributed by atoms with Gasteiger partial charge in [-0.15, -0.1) is 12.4 Å². The molecular weight excluding hydrogens is 390 g/mol. The maximum Gasteiger partial charge on any atom is 0.228 e. The van der Waals surface area contributed by atoms with Gasteiger partial charge in [-0.2, -0.15) is 0 Å². The number of hydrogen-bond acceptors (Lipinski definition) is 5. The van der Waals surface area contributed by atoms with Crippen molar-refractivity contribution in [1.82, 2.24) is 4.90 Å². The molecule has 1 N–H and O–H groups in total. The zero-order chi connectivity index (χ0) is 19.7. The van der Waals surface area contributed by atoms with Gasteiger partial charge in [-0.05, 0) is 42.8 Å². The smallest absolute Gasteiger partial charge is 0.228 e. The summed E-state index contributed by atoms with van der Waals surface area (Å²) in [6, 6.07) is 13.3. The molecule has 7 heteroatoms. The van der Waals surface area contributed by atoms with Gasteiger partial charge in [0.05, 0.1) is 25.3 Å². The van der Waals surface area contributed by atoms with Crippen LogP contribution in [0.1, 0.15) is 22.8 Å². The number of rotatable bonds is 5. The third-order valence-electron chi connectivity index (χ3n) is 5.68. The second kappa shape index (κ2) is 8.84. The largest absolute Gasteiger partial charge is 0.495 e. The molecule has 2 aromatic rings. The SMILES string of the molecule is COc1ccccc1N1CCN(C(C)C(=O)c2ccc3c(c2)CC(=O)N3)CC1.Cl. The number of anilines is 2. The van der Waals surface area contributed by atoms with Crippen molar-refractivity contribution in [3.05, 3.63) is 53.6 Å². The summed E-state index contributed by atoms with van der Waals surface area (Å²) in [6.45, 7) is 5.30. The van der Waals surface area contributed by atoms with Crippen LogP contribution in [0, 0.1) is 0 Å². The molecule has 2 aromatic carbocycles. The van der Waals surface area contributed by atoms with Crippen molar-refractivity contribution in [2.45, 2.75) is 19.4 Å². The van der Waals surface area contributed by atoms with E-state index in [0.29, 0.717) is 12.0 Å². The van der Waals surface area contributed by atoms with Gasteiger partial charge in [0.25, 0.3) is 0 Å². The fourth-order valence-electron chi connectivity index (χ4n) is 4.03. The number of Topliss-reactive ketones (excluding diaryl/α,β-unsaturated/α-hetero) is 1. The fourth-order valence-corrected chi connectivity index (χ4v) is 4.03. The van der Waals surface area contributed by atoms with Crippen LogP contribution in [0.5, 0.6) is 5.75 Å². The van der Waals surface area contributed by atoms with Crippen molar-refractivity contribution >= 4 is 35.5 Å². The number of carbonyl (C=O) groups excluding carboxylic acids is 2. The summed E-state index contributed by atoms with van der Waals surface area (Å²) in [5.41, 5.74) is 3.50. The standard InChI is InChI=1S/C22H25N3O3.ClH/c1-15(22(27)16-7-8-18-17(13-16)14-21(26)23-18)24-9-11-25(12-10-24)19-5-3-4-6-20(19)28-2;/h3-8,13,15H,9-12,14H2,1-2H3,(H,23,26);1H. The number of nitrogens with zero attached hydrogens (tertiary/aromatic N) is 2. The Balaban J connectivity index is 0.00000240. The highest BCUT2D eigenvalue weighted by Crippen LogP contribution is 2.29. The number of fused-ring (bicyclic) bond motifs is 1. The second-order valence-corrected chi connectivity index (χ2v) is 7.33. The molecule has 1 unspecified atom stereocenters. The summed E-state index contributed by atoms with van der Waals surface area (Å²) in [4.78, 5) is 29.1. The van der Waals surface area contributed by atoms with Crippen LogP contribution in [-0.2, 0) is 11.2 Å². The molecule has 4 rings (SSSR count). The lowest BCUT2D eigenvalue weighted by Gasteiger charge is -2.39. The van der Waals surface area contributed by atoms with E-state index in [0.717, 1.165) is 48.9 Å². The molecule has 0 saturated carbocycles. The molecule has 1 saturated heterocycles. The molecule has 1 amide bonds. The number of hydrogen-bond donors (Lipinski definition) is 1. The van der Waals surface area contributed by atoms with Crippen LogP contribution in [0.25, 0.3) is 0 Å². The molecule has 2 aliphatic rings. The number of piperazine rings is 1. The lowest BCUT2D eigenvalue weighted by atomic mass is 10.00. The molecular formula is C22H26ClN3O3. The zero-order valence-electron chi connectivity index (χ0n) is 16.7. The number of methoxy groups -OCH3 is 1. The molecule has 2 aliphatic heterocycles. The fraction of sp³-hybridized carbons (Fsp3) is 0.364. The molecule has 29 heavy (non-hydrogen) atoms. The third kappa shape index (κ3) is 4.23. The Morgan fingerprint density at radius 2 is 1.83 bits per heavy atom. The summed E-state index contributed by atoms with van der Waals surface area (Å²) in [5.74, 6) is 0.967. The zero-order valence-corrected chi connectivity index (χ0v) is 17.5. The van der Waals surface area contributed by atoms with Gasteiger partial charge < -0.3 is 15.0 Å². The lowest BCUT2D eigenvalue weighted by Crippen LogP contribution is -2.51. The monoisotopic (exact) mass is 415 g/mol. The molecule has 2 heterocycles. The van der Waals surface area contributed by atoms with Crippen molar-refractivity contribution < 1.29 is 14.3 Å². The number of amides is 1. The van der Waals surface area contributed by atoms with E-state index in [2.05, 4.69) is 21.2 Å². The van der Waals surface area contributed by atoms with E-state index in [4.69, 9.17) is 4.74 Å². The first kappa shape index (κ1) is 21.1. The minimum Gasteiger partial charge on any atom is -0.495 e. The average molecular weight is 416 g/mol. The van der Waals surface area contributed by atoms with Gasteiger partial charge in [-0.1, -0.05) is 12.1 Å². The molecule has 0 spiro atoms. The van der Waals surface area contributed by atoms with Crippen LogP contribution in [0.4, 0.5) is 11.4 Å². The maximum atomic E-state index is 13.0. The topological polar surface area (TPSA) is 61.9 Å². The number of ketones is 1. The van der Waals surface area contributed by atoms with Crippen molar-refractivity contribution in [3.8, 4) is 5.75 Å². The Bertz CT molecular complexity index is 910. The van der Waals surface area contributed by atoms with Crippen LogP contribution in [-0.4, -0.2) is 55.9 Å². The number of nitrogens with one attached hydrogen (secondary N) is 1. The lowest BCUT2D eigenvalue weighted by molar-refractivity contribution is -0.115. The van der Waals surface area contributed by atoms with Gasteiger partial charge in [-0.25, -0.2) is 0 Å². The molecule has 0 bridgehead atoms. The van der Waals surface area contributed by atoms with E-state index in [-0.39, 0.29) is 30.1 Å². The van der Waals surface area contributed by atoms with E-state index >= 15 is 0 Å². The maximum absolute atomic E-state index is 13.0. The van der Waals surface area contributed by atoms with E-state index in [1.165, 1.54) is 0 Å². The normalized spacial score (nSPS) is 17.2. The Hall–Kier alpha value is -2.57. The summed E-state index contributed by atoms with van der Waals surface area (Å²) in [5, 5.41) is 2.81. The van der Waals surface area contributed by atoms with E-state index in [9.17, 15) is 9.59 Å². The number of carbonyl (C=O) groups is 2. The predicted octanol–water partition coefficient (Wildman–Crippen LogP) is 3.01. The van der Waals surface area contributed by atoms with Gasteiger partial charge >= 0.3 is 0 Å². The molecule has 1 atom stereocenters. The van der Waals surface area contributed by atoms with Crippen molar-refractivity contribution in [2.75, 3.05) is 43.5 Å². The van der Waals surface area contributed by atoms with Gasteiger partial charge in [0.1, 0.15) is 5.75 Å². The molecule has 0 aromatic heterocycles. The summed E-state index contributed by atoms with van der Waals surface area (Å²) in [7, 11) is 1.69. The molecule has 0 aliphatic carbocycles. The highest BCUT2D eigenvalue weighted by molar-refractivity contribution is 6.03. The molecule has 1 fully saturated rings. The number of para-hydroxylation sites is 2. The van der Waals surface area contributed by atoms with Gasteiger partial charge in [0, 0.05) is 37.4 Å².